The molecule has 0 heterocycles. The Morgan fingerprint density at radius 3 is 2.35 bits per heavy atom. The molecule has 0 aromatic heterocycles. The summed E-state index contributed by atoms with van der Waals surface area (Å²) in [6.45, 7) is 1.83. The molecule has 2 aromatic rings. The van der Waals surface area contributed by atoms with E-state index in [1.807, 2.05) is 0 Å². The van der Waals surface area contributed by atoms with Gasteiger partial charge in [-0.2, -0.15) is 0 Å². The fourth-order valence-electron chi connectivity index (χ4n) is 2.22. The van der Waals surface area contributed by atoms with Crippen LogP contribution in [0.4, 0.5) is 4.39 Å². The molecule has 1 atom stereocenters. The molecule has 1 unspecified atom stereocenters. The van der Waals surface area contributed by atoms with E-state index in [2.05, 4.69) is 11.8 Å². The van der Waals surface area contributed by atoms with Crippen molar-refractivity contribution in [1.29, 1.82) is 0 Å². The van der Waals surface area contributed by atoms with Gasteiger partial charge < -0.3 is 4.74 Å². The van der Waals surface area contributed by atoms with Crippen molar-refractivity contribution in [3.8, 4) is 17.6 Å². The molecule has 0 aliphatic heterocycles. The number of amides is 1. The number of benzene rings is 2. The number of carbonyl (C=O) groups excluding carboxylic acids is 1. The number of hydrogen-bond donors (Lipinski definition) is 2. The van der Waals surface area contributed by atoms with Crippen molar-refractivity contribution in [3.63, 3.8) is 0 Å². The number of carbonyl (C=O) groups is 1. The van der Waals surface area contributed by atoms with E-state index in [-0.39, 0.29) is 17.1 Å². The van der Waals surface area contributed by atoms with Gasteiger partial charge in [-0.1, -0.05) is 18.1 Å². The van der Waals surface area contributed by atoms with Crippen LogP contribution in [0.15, 0.2) is 53.4 Å². The first-order chi connectivity index (χ1) is 12.4. The first-order valence-electron chi connectivity index (χ1n) is 7.46. The van der Waals surface area contributed by atoms with Crippen molar-refractivity contribution in [2.24, 2.45) is 0 Å². The minimum Gasteiger partial charge on any atom is -0.481 e. The van der Waals surface area contributed by atoms with E-state index in [1.165, 1.54) is 41.9 Å². The molecule has 0 aliphatic rings. The van der Waals surface area contributed by atoms with Gasteiger partial charge in [0.25, 0.3) is 5.91 Å². The molecule has 0 aliphatic carbocycles. The van der Waals surface area contributed by atoms with Gasteiger partial charge in [-0.25, -0.2) is 18.3 Å². The largest absolute Gasteiger partial charge is 0.481 e. The maximum atomic E-state index is 13.1. The van der Waals surface area contributed by atoms with Gasteiger partial charge in [-0.05, 0) is 48.9 Å². The van der Waals surface area contributed by atoms with Crippen LogP contribution in [0.2, 0.25) is 0 Å². The van der Waals surface area contributed by atoms with Crippen LogP contribution in [0.5, 0.6) is 5.75 Å². The molecule has 2 N–H and O–H groups in total. The van der Waals surface area contributed by atoms with Gasteiger partial charge in [-0.15, -0.1) is 5.92 Å². The van der Waals surface area contributed by atoms with Crippen molar-refractivity contribution < 1.29 is 27.5 Å². The van der Waals surface area contributed by atoms with Crippen LogP contribution in [0.3, 0.4) is 0 Å². The Morgan fingerprint density at radius 1 is 1.19 bits per heavy atom. The molecular weight excluding hydrogens is 361 g/mol. The summed E-state index contributed by atoms with van der Waals surface area (Å²) in [4.78, 5) is 11.8. The van der Waals surface area contributed by atoms with Gasteiger partial charge in [0.1, 0.15) is 18.2 Å². The minimum atomic E-state index is -4.20. The Labute approximate surface area is 150 Å². The topological polar surface area (TPSA) is 92.7 Å². The number of sulfone groups is 1. The second-order valence-corrected chi connectivity index (χ2v) is 7.17. The van der Waals surface area contributed by atoms with Crippen molar-refractivity contribution in [2.45, 2.75) is 17.1 Å². The van der Waals surface area contributed by atoms with Crippen LogP contribution in [0, 0.1) is 17.7 Å². The molecule has 0 fully saturated rings. The lowest BCUT2D eigenvalue weighted by Gasteiger charge is -2.16. The molecule has 0 spiro atoms. The Hall–Kier alpha value is -2.89. The molecule has 6 nitrogen and oxygen atoms in total. The number of ether oxygens (including phenoxy) is 1. The summed E-state index contributed by atoms with van der Waals surface area (Å²) >= 11 is 0. The molecule has 136 valence electrons. The maximum absolute atomic E-state index is 13.1. The summed E-state index contributed by atoms with van der Waals surface area (Å²) in [7, 11) is -4.20. The second kappa shape index (κ2) is 8.47. The first kappa shape index (κ1) is 19.4. The van der Waals surface area contributed by atoms with Crippen molar-refractivity contribution >= 4 is 15.7 Å². The highest BCUT2D eigenvalue weighted by Gasteiger charge is 2.35. The van der Waals surface area contributed by atoms with E-state index in [0.29, 0.717) is 5.75 Å². The number of halogens is 1. The first-order valence-corrected chi connectivity index (χ1v) is 9.00. The molecule has 0 bridgehead atoms. The summed E-state index contributed by atoms with van der Waals surface area (Å²) in [5.41, 5.74) is 1.37. The number of hydrogen-bond acceptors (Lipinski definition) is 5. The van der Waals surface area contributed by atoms with Gasteiger partial charge in [0.05, 0.1) is 4.90 Å². The normalized spacial score (nSPS) is 11.8. The predicted molar refractivity (Wildman–Crippen MR) is 91.6 cm³/mol. The number of hydroxylamine groups is 1. The van der Waals surface area contributed by atoms with Gasteiger partial charge in [0.2, 0.25) is 0 Å². The summed E-state index contributed by atoms with van der Waals surface area (Å²) in [6, 6.07) is 9.85. The molecule has 0 saturated carbocycles. The Bertz CT molecular complexity index is 928. The average molecular weight is 377 g/mol. The molecule has 1 amide bonds. The van der Waals surface area contributed by atoms with Crippen LogP contribution in [0.25, 0.3) is 0 Å². The lowest BCUT2D eigenvalue weighted by atomic mass is 10.1. The average Bonchev–Trinajstić information content (AvgIpc) is 2.64. The van der Waals surface area contributed by atoms with Gasteiger partial charge in [0.15, 0.2) is 15.1 Å². The fraction of sp³-hybridized carbons (Fsp3) is 0.167. The maximum Gasteiger partial charge on any atom is 0.266 e. The highest BCUT2D eigenvalue weighted by Crippen LogP contribution is 2.30. The van der Waals surface area contributed by atoms with Crippen molar-refractivity contribution in [1.82, 2.24) is 5.48 Å². The number of nitrogens with one attached hydrogen (secondary N) is 1. The quantitative estimate of drug-likeness (QED) is 0.458. The van der Waals surface area contributed by atoms with Crippen molar-refractivity contribution in [2.75, 3.05) is 6.61 Å². The molecule has 2 aromatic carbocycles. The summed E-state index contributed by atoms with van der Waals surface area (Å²) < 4.78 is 44.1. The zero-order chi connectivity index (χ0) is 19.2. The smallest absolute Gasteiger partial charge is 0.266 e. The van der Waals surface area contributed by atoms with E-state index in [0.717, 1.165) is 12.1 Å². The zero-order valence-corrected chi connectivity index (χ0v) is 14.6. The lowest BCUT2D eigenvalue weighted by Crippen LogP contribution is -2.31. The Kier molecular flexibility index (Phi) is 6.33. The third-order valence-corrected chi connectivity index (χ3v) is 5.51. The monoisotopic (exact) mass is 377 g/mol. The highest BCUT2D eigenvalue weighted by molar-refractivity contribution is 7.92. The van der Waals surface area contributed by atoms with E-state index in [9.17, 15) is 17.6 Å². The minimum absolute atomic E-state index is 0.0245. The van der Waals surface area contributed by atoms with Crippen LogP contribution in [-0.4, -0.2) is 26.1 Å². The Balaban J connectivity index is 2.38. The third kappa shape index (κ3) is 4.39. The molecule has 2 rings (SSSR count). The van der Waals surface area contributed by atoms with Crippen LogP contribution in [0.1, 0.15) is 17.7 Å². The Morgan fingerprint density at radius 2 is 1.81 bits per heavy atom. The van der Waals surface area contributed by atoms with Crippen molar-refractivity contribution in [3.05, 3.63) is 59.9 Å². The fourth-order valence-corrected chi connectivity index (χ4v) is 3.86. The van der Waals surface area contributed by atoms with Gasteiger partial charge in [-0.3, -0.25) is 10.0 Å². The van der Waals surface area contributed by atoms with E-state index >= 15 is 0 Å². The zero-order valence-electron chi connectivity index (χ0n) is 13.8. The lowest BCUT2D eigenvalue weighted by molar-refractivity contribution is -0.128. The number of rotatable bonds is 6. The van der Waals surface area contributed by atoms with Crippen LogP contribution >= 0.6 is 0 Å². The second-order valence-electron chi connectivity index (χ2n) is 5.14. The van der Waals surface area contributed by atoms with Gasteiger partial charge in [0, 0.05) is 0 Å². The predicted octanol–water partition coefficient (Wildman–Crippen LogP) is 2.25. The SMILES string of the molecule is CC#CCOc1ccc(S(=O)(=O)C(C(=O)NO)c2ccc(F)cc2)cc1. The summed E-state index contributed by atoms with van der Waals surface area (Å²) in [5.74, 6) is 4.06. The van der Waals surface area contributed by atoms with Crippen LogP contribution in [-0.2, 0) is 14.6 Å². The van der Waals surface area contributed by atoms with Crippen LogP contribution < -0.4 is 10.2 Å². The third-order valence-electron chi connectivity index (χ3n) is 3.47. The van der Waals surface area contributed by atoms with E-state index in [1.54, 1.807) is 6.92 Å². The van der Waals surface area contributed by atoms with E-state index < -0.39 is 26.8 Å². The van der Waals surface area contributed by atoms with Gasteiger partial charge >= 0.3 is 0 Å². The molecular formula is C18H16FNO5S. The summed E-state index contributed by atoms with van der Waals surface area (Å²) in [6.07, 6.45) is 0. The molecule has 26 heavy (non-hydrogen) atoms. The molecule has 0 saturated heterocycles. The standard InChI is InChI=1S/C18H16FNO5S/c1-2-3-12-25-15-8-10-16(11-9-15)26(23,24)17(18(21)20-22)13-4-6-14(19)7-5-13/h4-11,17,22H,12H2,1H3,(H,20,21). The molecule has 0 radical (unpaired) electrons. The highest BCUT2D eigenvalue weighted by atomic mass is 32.2. The molecule has 8 heteroatoms. The summed E-state index contributed by atoms with van der Waals surface area (Å²) in [5, 5.41) is 7.19. The van der Waals surface area contributed by atoms with E-state index in [4.69, 9.17) is 9.94 Å².